The second-order valence-corrected chi connectivity index (χ2v) is 4.42. The fourth-order valence-electron chi connectivity index (χ4n) is 1.70. The Morgan fingerprint density at radius 2 is 2.11 bits per heavy atom. The van der Waals surface area contributed by atoms with Crippen LogP contribution in [0.15, 0.2) is 18.3 Å². The molecule has 1 heterocycles. The van der Waals surface area contributed by atoms with E-state index in [0.717, 1.165) is 0 Å². The van der Waals surface area contributed by atoms with E-state index in [1.165, 1.54) is 6.20 Å². The number of nitrogens with one attached hydrogen (secondary N) is 1. The van der Waals surface area contributed by atoms with E-state index in [9.17, 15) is 9.59 Å². The van der Waals surface area contributed by atoms with Gasteiger partial charge in [0.05, 0.1) is 24.0 Å². The predicted molar refractivity (Wildman–Crippen MR) is 72.1 cm³/mol. The highest BCUT2D eigenvalue weighted by molar-refractivity contribution is 5.89. The van der Waals surface area contributed by atoms with Gasteiger partial charge in [-0.3, -0.25) is 9.78 Å². The summed E-state index contributed by atoms with van der Waals surface area (Å²) in [6.45, 7) is 6.41. The molecule has 0 aliphatic carbocycles. The number of urea groups is 1. The van der Waals surface area contributed by atoms with Crippen molar-refractivity contribution in [2.24, 2.45) is 0 Å². The Kier molecular flexibility index (Phi) is 5.29. The minimum atomic E-state index is -0.929. The average molecular weight is 265 g/mol. The summed E-state index contributed by atoms with van der Waals surface area (Å²) < 4.78 is 0. The van der Waals surface area contributed by atoms with Crippen molar-refractivity contribution in [2.45, 2.75) is 33.2 Å². The lowest BCUT2D eigenvalue weighted by Gasteiger charge is -2.25. The lowest BCUT2D eigenvalue weighted by molar-refractivity contribution is -0.136. The quantitative estimate of drug-likeness (QED) is 0.852. The summed E-state index contributed by atoms with van der Waals surface area (Å²) in [5, 5.41) is 11.4. The molecule has 0 saturated carbocycles. The standard InChI is InChI=1S/C13H19N3O3/c1-4-16(9(2)3)13(19)15-11-6-5-10(14-8-11)7-12(17)18/h5-6,8-9H,4,7H2,1-3H3,(H,15,19)(H,17,18). The zero-order valence-corrected chi connectivity index (χ0v) is 11.4. The predicted octanol–water partition coefficient (Wildman–Crippen LogP) is 1.97. The van der Waals surface area contributed by atoms with Gasteiger partial charge in [0.15, 0.2) is 0 Å². The normalized spacial score (nSPS) is 10.3. The third-order valence-electron chi connectivity index (χ3n) is 2.63. The molecule has 1 aromatic heterocycles. The van der Waals surface area contributed by atoms with Gasteiger partial charge in [0, 0.05) is 12.6 Å². The number of carboxylic acid groups (broad SMARTS) is 1. The summed E-state index contributed by atoms with van der Waals surface area (Å²) in [5.41, 5.74) is 1.01. The van der Waals surface area contributed by atoms with Gasteiger partial charge < -0.3 is 15.3 Å². The van der Waals surface area contributed by atoms with E-state index in [0.29, 0.717) is 17.9 Å². The second-order valence-electron chi connectivity index (χ2n) is 4.42. The van der Waals surface area contributed by atoms with Crippen LogP contribution in [0, 0.1) is 0 Å². The number of rotatable bonds is 5. The van der Waals surface area contributed by atoms with Gasteiger partial charge in [0.1, 0.15) is 0 Å². The maximum atomic E-state index is 11.9. The van der Waals surface area contributed by atoms with Crippen LogP contribution in [-0.4, -0.2) is 39.6 Å². The highest BCUT2D eigenvalue weighted by atomic mass is 16.4. The first-order chi connectivity index (χ1) is 8.93. The van der Waals surface area contributed by atoms with E-state index in [4.69, 9.17) is 5.11 Å². The van der Waals surface area contributed by atoms with Crippen molar-refractivity contribution in [2.75, 3.05) is 11.9 Å². The van der Waals surface area contributed by atoms with Gasteiger partial charge in [0.25, 0.3) is 0 Å². The summed E-state index contributed by atoms with van der Waals surface area (Å²) in [6, 6.07) is 3.17. The van der Waals surface area contributed by atoms with Crippen LogP contribution in [-0.2, 0) is 11.2 Å². The van der Waals surface area contributed by atoms with Crippen molar-refractivity contribution in [3.05, 3.63) is 24.0 Å². The number of nitrogens with zero attached hydrogens (tertiary/aromatic N) is 2. The Balaban J connectivity index is 2.67. The molecule has 0 unspecified atom stereocenters. The van der Waals surface area contributed by atoms with Gasteiger partial charge in [-0.15, -0.1) is 0 Å². The lowest BCUT2D eigenvalue weighted by Crippen LogP contribution is -2.39. The molecule has 6 heteroatoms. The number of carbonyl (C=O) groups excluding carboxylic acids is 1. The summed E-state index contributed by atoms with van der Waals surface area (Å²) in [7, 11) is 0. The third-order valence-corrected chi connectivity index (χ3v) is 2.63. The van der Waals surface area contributed by atoms with Crippen LogP contribution in [0.5, 0.6) is 0 Å². The summed E-state index contributed by atoms with van der Waals surface area (Å²) in [4.78, 5) is 28.1. The molecule has 104 valence electrons. The molecule has 6 nitrogen and oxygen atoms in total. The van der Waals surface area contributed by atoms with E-state index in [-0.39, 0.29) is 18.5 Å². The third kappa shape index (κ3) is 4.57. The maximum Gasteiger partial charge on any atom is 0.322 e. The fraction of sp³-hybridized carbons (Fsp3) is 0.462. The van der Waals surface area contributed by atoms with Crippen LogP contribution >= 0.6 is 0 Å². The molecular formula is C13H19N3O3. The molecule has 1 aromatic rings. The largest absolute Gasteiger partial charge is 0.481 e. The van der Waals surface area contributed by atoms with Crippen LogP contribution in [0.3, 0.4) is 0 Å². The molecule has 1 rings (SSSR count). The highest BCUT2D eigenvalue weighted by Crippen LogP contribution is 2.09. The Morgan fingerprint density at radius 1 is 1.42 bits per heavy atom. The number of hydrogen-bond donors (Lipinski definition) is 2. The summed E-state index contributed by atoms with van der Waals surface area (Å²) >= 11 is 0. The van der Waals surface area contributed by atoms with Crippen molar-refractivity contribution < 1.29 is 14.7 Å². The molecule has 2 amide bonds. The number of pyridine rings is 1. The summed E-state index contributed by atoms with van der Waals surface area (Å²) in [5.74, 6) is -0.929. The number of carbonyl (C=O) groups is 2. The molecule has 19 heavy (non-hydrogen) atoms. The monoisotopic (exact) mass is 265 g/mol. The number of anilines is 1. The topological polar surface area (TPSA) is 82.5 Å². The molecule has 0 radical (unpaired) electrons. The van der Waals surface area contributed by atoms with Gasteiger partial charge in [-0.2, -0.15) is 0 Å². The molecule has 0 spiro atoms. The maximum absolute atomic E-state index is 11.9. The lowest BCUT2D eigenvalue weighted by atomic mass is 10.2. The Labute approximate surface area is 112 Å². The van der Waals surface area contributed by atoms with Gasteiger partial charge >= 0.3 is 12.0 Å². The minimum Gasteiger partial charge on any atom is -0.481 e. The van der Waals surface area contributed by atoms with Crippen LogP contribution in [0.2, 0.25) is 0 Å². The second kappa shape index (κ2) is 6.72. The molecule has 0 aromatic carbocycles. The number of amides is 2. The molecule has 0 atom stereocenters. The number of hydrogen-bond acceptors (Lipinski definition) is 3. The Bertz CT molecular complexity index is 443. The minimum absolute atomic E-state index is 0.115. The zero-order chi connectivity index (χ0) is 14.4. The first kappa shape index (κ1) is 14.9. The molecule has 0 fully saturated rings. The van der Waals surface area contributed by atoms with Crippen molar-refractivity contribution >= 4 is 17.7 Å². The van der Waals surface area contributed by atoms with E-state index < -0.39 is 5.97 Å². The van der Waals surface area contributed by atoms with Gasteiger partial charge in [-0.25, -0.2) is 4.79 Å². The van der Waals surface area contributed by atoms with Gasteiger partial charge in [-0.1, -0.05) is 0 Å². The Morgan fingerprint density at radius 3 is 2.53 bits per heavy atom. The molecule has 0 saturated heterocycles. The summed E-state index contributed by atoms with van der Waals surface area (Å²) in [6.07, 6.45) is 1.34. The molecule has 0 aliphatic heterocycles. The van der Waals surface area contributed by atoms with E-state index in [1.807, 2.05) is 20.8 Å². The van der Waals surface area contributed by atoms with Crippen LogP contribution < -0.4 is 5.32 Å². The zero-order valence-electron chi connectivity index (χ0n) is 11.4. The van der Waals surface area contributed by atoms with Gasteiger partial charge in [0.2, 0.25) is 0 Å². The van der Waals surface area contributed by atoms with Gasteiger partial charge in [-0.05, 0) is 32.9 Å². The van der Waals surface area contributed by atoms with Crippen LogP contribution in [0.4, 0.5) is 10.5 Å². The van der Waals surface area contributed by atoms with E-state index >= 15 is 0 Å². The van der Waals surface area contributed by atoms with Crippen LogP contribution in [0.25, 0.3) is 0 Å². The van der Waals surface area contributed by atoms with E-state index in [1.54, 1.807) is 17.0 Å². The fourth-order valence-corrected chi connectivity index (χ4v) is 1.70. The van der Waals surface area contributed by atoms with Crippen molar-refractivity contribution in [1.29, 1.82) is 0 Å². The van der Waals surface area contributed by atoms with Crippen molar-refractivity contribution in [1.82, 2.24) is 9.88 Å². The molecule has 2 N–H and O–H groups in total. The van der Waals surface area contributed by atoms with Crippen LogP contribution in [0.1, 0.15) is 26.5 Å². The number of aliphatic carboxylic acids is 1. The van der Waals surface area contributed by atoms with E-state index in [2.05, 4.69) is 10.3 Å². The number of carboxylic acids is 1. The molecule has 0 aliphatic rings. The average Bonchev–Trinajstić information content (AvgIpc) is 2.31. The molecule has 0 bridgehead atoms. The highest BCUT2D eigenvalue weighted by Gasteiger charge is 2.14. The SMILES string of the molecule is CCN(C(=O)Nc1ccc(CC(=O)O)nc1)C(C)C. The Hall–Kier alpha value is -2.11. The first-order valence-corrected chi connectivity index (χ1v) is 6.18. The smallest absolute Gasteiger partial charge is 0.322 e. The molecular weight excluding hydrogens is 246 g/mol. The van der Waals surface area contributed by atoms with Crippen molar-refractivity contribution in [3.8, 4) is 0 Å². The first-order valence-electron chi connectivity index (χ1n) is 6.18. The number of aromatic nitrogens is 1. The van der Waals surface area contributed by atoms with Crippen molar-refractivity contribution in [3.63, 3.8) is 0 Å².